The van der Waals surface area contributed by atoms with Crippen molar-refractivity contribution in [2.24, 2.45) is 0 Å². The number of fused-ring (bicyclic) bond motifs is 1. The van der Waals surface area contributed by atoms with Crippen LogP contribution in [0.1, 0.15) is 5.69 Å². The van der Waals surface area contributed by atoms with E-state index in [0.29, 0.717) is 12.0 Å². The van der Waals surface area contributed by atoms with E-state index in [1.54, 1.807) is 0 Å². The summed E-state index contributed by atoms with van der Waals surface area (Å²) in [7, 11) is 1.36. The Morgan fingerprint density at radius 1 is 1.44 bits per heavy atom. The lowest BCUT2D eigenvalue weighted by molar-refractivity contribution is -0.136. The fraction of sp³-hybridized carbons (Fsp3) is 0.154. The summed E-state index contributed by atoms with van der Waals surface area (Å²) in [6, 6.07) is 9.99. The molecule has 16 heavy (non-hydrogen) atoms. The van der Waals surface area contributed by atoms with Crippen molar-refractivity contribution in [2.45, 2.75) is 6.42 Å². The van der Waals surface area contributed by atoms with Crippen LogP contribution in [0, 0.1) is 0 Å². The van der Waals surface area contributed by atoms with Gasteiger partial charge in [-0.25, -0.2) is 4.79 Å². The lowest BCUT2D eigenvalue weighted by atomic mass is 10.1. The summed E-state index contributed by atoms with van der Waals surface area (Å²) in [4.78, 5) is 14.4. The Morgan fingerprint density at radius 2 is 2.19 bits per heavy atom. The van der Waals surface area contributed by atoms with Crippen molar-refractivity contribution in [1.29, 1.82) is 0 Å². The average molecular weight is 215 g/mol. The van der Waals surface area contributed by atoms with Gasteiger partial charge in [0.15, 0.2) is 0 Å². The number of carbonyl (C=O) groups is 1. The molecule has 1 aromatic heterocycles. The van der Waals surface area contributed by atoms with Gasteiger partial charge in [-0.15, -0.1) is 0 Å². The predicted molar refractivity (Wildman–Crippen MR) is 63.2 cm³/mol. The molecule has 2 aromatic rings. The number of rotatable bonds is 3. The van der Waals surface area contributed by atoms with Gasteiger partial charge in [0.2, 0.25) is 0 Å². The summed E-state index contributed by atoms with van der Waals surface area (Å²) >= 11 is 0. The third kappa shape index (κ3) is 1.98. The summed E-state index contributed by atoms with van der Waals surface area (Å²) in [6.45, 7) is 3.70. The van der Waals surface area contributed by atoms with E-state index in [0.717, 1.165) is 16.6 Å². The summed E-state index contributed by atoms with van der Waals surface area (Å²) in [5, 5.41) is 1.13. The van der Waals surface area contributed by atoms with Gasteiger partial charge in [-0.1, -0.05) is 24.8 Å². The number of H-pyrrole nitrogens is 1. The van der Waals surface area contributed by atoms with Crippen LogP contribution in [0.3, 0.4) is 0 Å². The largest absolute Gasteiger partial charge is 0.466 e. The number of benzene rings is 1. The van der Waals surface area contributed by atoms with Crippen LogP contribution in [0.15, 0.2) is 42.5 Å². The SMILES string of the molecule is C=C(Cc1cc2ccccc2[nH]1)C(=O)OC. The Kier molecular flexibility index (Phi) is 2.77. The number of nitrogens with one attached hydrogen (secondary N) is 1. The Hall–Kier alpha value is -2.03. The van der Waals surface area contributed by atoms with Crippen molar-refractivity contribution in [3.05, 3.63) is 48.2 Å². The van der Waals surface area contributed by atoms with Crippen molar-refractivity contribution >= 4 is 16.9 Å². The number of para-hydroxylation sites is 1. The van der Waals surface area contributed by atoms with E-state index in [-0.39, 0.29) is 5.97 Å². The average Bonchev–Trinajstić information content (AvgIpc) is 2.69. The third-order valence-corrected chi connectivity index (χ3v) is 2.46. The quantitative estimate of drug-likeness (QED) is 0.631. The zero-order valence-electron chi connectivity index (χ0n) is 9.12. The number of ether oxygens (including phenoxy) is 1. The molecule has 3 heteroatoms. The van der Waals surface area contributed by atoms with Crippen LogP contribution in [0.5, 0.6) is 0 Å². The highest BCUT2D eigenvalue weighted by atomic mass is 16.5. The van der Waals surface area contributed by atoms with Crippen LogP contribution >= 0.6 is 0 Å². The summed E-state index contributed by atoms with van der Waals surface area (Å²) in [5.41, 5.74) is 2.49. The highest BCUT2D eigenvalue weighted by Gasteiger charge is 2.09. The van der Waals surface area contributed by atoms with Gasteiger partial charge in [0.1, 0.15) is 0 Å². The van der Waals surface area contributed by atoms with Crippen molar-refractivity contribution < 1.29 is 9.53 Å². The normalized spacial score (nSPS) is 10.3. The smallest absolute Gasteiger partial charge is 0.333 e. The van der Waals surface area contributed by atoms with Gasteiger partial charge in [0, 0.05) is 23.2 Å². The molecule has 0 spiro atoms. The number of hydrogen-bond acceptors (Lipinski definition) is 2. The standard InChI is InChI=1S/C13H13NO2/c1-9(13(15)16-2)7-11-8-10-5-3-4-6-12(10)14-11/h3-6,8,14H,1,7H2,2H3. The number of methoxy groups -OCH3 is 1. The summed E-state index contributed by atoms with van der Waals surface area (Å²) in [6.07, 6.45) is 0.487. The van der Waals surface area contributed by atoms with Crippen LogP contribution in [0.25, 0.3) is 10.9 Å². The van der Waals surface area contributed by atoms with Crippen LogP contribution in [-0.4, -0.2) is 18.1 Å². The molecule has 1 N–H and O–H groups in total. The monoisotopic (exact) mass is 215 g/mol. The van der Waals surface area contributed by atoms with Crippen molar-refractivity contribution in [3.8, 4) is 0 Å². The van der Waals surface area contributed by atoms with Gasteiger partial charge in [-0.05, 0) is 17.5 Å². The molecule has 0 aliphatic rings. The van der Waals surface area contributed by atoms with Gasteiger partial charge in [-0.3, -0.25) is 0 Å². The summed E-state index contributed by atoms with van der Waals surface area (Å²) in [5.74, 6) is -0.362. The van der Waals surface area contributed by atoms with Crippen LogP contribution in [-0.2, 0) is 16.0 Å². The van der Waals surface area contributed by atoms with Gasteiger partial charge >= 0.3 is 5.97 Å². The Bertz CT molecular complexity index is 507. The Labute approximate surface area is 93.7 Å². The van der Waals surface area contributed by atoms with Crippen LogP contribution < -0.4 is 0 Å². The van der Waals surface area contributed by atoms with Gasteiger partial charge in [-0.2, -0.15) is 0 Å². The third-order valence-electron chi connectivity index (χ3n) is 2.46. The fourth-order valence-corrected chi connectivity index (χ4v) is 1.68. The molecule has 0 aliphatic carbocycles. The van der Waals surface area contributed by atoms with Gasteiger partial charge < -0.3 is 9.72 Å². The zero-order chi connectivity index (χ0) is 11.5. The molecule has 1 heterocycles. The minimum absolute atomic E-state index is 0.362. The van der Waals surface area contributed by atoms with E-state index >= 15 is 0 Å². The summed E-state index contributed by atoms with van der Waals surface area (Å²) < 4.78 is 4.61. The van der Waals surface area contributed by atoms with E-state index in [4.69, 9.17) is 0 Å². The second-order valence-corrected chi connectivity index (χ2v) is 3.65. The zero-order valence-corrected chi connectivity index (χ0v) is 9.12. The first-order chi connectivity index (χ1) is 7.70. The molecule has 0 radical (unpaired) electrons. The number of hydrogen-bond donors (Lipinski definition) is 1. The van der Waals surface area contributed by atoms with Crippen LogP contribution in [0.2, 0.25) is 0 Å². The number of aromatic nitrogens is 1. The topological polar surface area (TPSA) is 42.1 Å². The maximum Gasteiger partial charge on any atom is 0.333 e. The minimum atomic E-state index is -0.362. The highest BCUT2D eigenvalue weighted by molar-refractivity contribution is 5.88. The molecular formula is C13H13NO2. The molecule has 0 atom stereocenters. The molecular weight excluding hydrogens is 202 g/mol. The maximum absolute atomic E-state index is 11.2. The molecule has 0 bridgehead atoms. The molecule has 1 aromatic carbocycles. The number of esters is 1. The lowest BCUT2D eigenvalue weighted by Crippen LogP contribution is -2.06. The molecule has 0 unspecified atom stereocenters. The van der Waals surface area contributed by atoms with E-state index < -0.39 is 0 Å². The number of aromatic amines is 1. The molecule has 0 saturated heterocycles. The van der Waals surface area contributed by atoms with Crippen molar-refractivity contribution in [2.75, 3.05) is 7.11 Å². The molecule has 82 valence electrons. The Balaban J connectivity index is 2.22. The molecule has 0 saturated carbocycles. The van der Waals surface area contributed by atoms with E-state index in [2.05, 4.69) is 16.3 Å². The van der Waals surface area contributed by atoms with E-state index in [1.165, 1.54) is 7.11 Å². The van der Waals surface area contributed by atoms with Gasteiger partial charge in [0.25, 0.3) is 0 Å². The first kappa shape index (κ1) is 10.5. The molecule has 0 amide bonds. The molecule has 3 nitrogen and oxygen atoms in total. The highest BCUT2D eigenvalue weighted by Crippen LogP contribution is 2.16. The minimum Gasteiger partial charge on any atom is -0.466 e. The fourth-order valence-electron chi connectivity index (χ4n) is 1.68. The van der Waals surface area contributed by atoms with Crippen LogP contribution in [0.4, 0.5) is 0 Å². The van der Waals surface area contributed by atoms with Crippen molar-refractivity contribution in [1.82, 2.24) is 4.98 Å². The lowest BCUT2D eigenvalue weighted by Gasteiger charge is -2.00. The molecule has 0 aliphatic heterocycles. The van der Waals surface area contributed by atoms with Crippen molar-refractivity contribution in [3.63, 3.8) is 0 Å². The molecule has 2 rings (SSSR count). The first-order valence-corrected chi connectivity index (χ1v) is 5.03. The van der Waals surface area contributed by atoms with Gasteiger partial charge in [0.05, 0.1) is 7.11 Å². The number of carbonyl (C=O) groups excluding carboxylic acids is 1. The Morgan fingerprint density at radius 3 is 2.88 bits per heavy atom. The first-order valence-electron chi connectivity index (χ1n) is 5.03. The maximum atomic E-state index is 11.2. The van der Waals surface area contributed by atoms with E-state index in [1.807, 2.05) is 30.3 Å². The van der Waals surface area contributed by atoms with E-state index in [9.17, 15) is 4.79 Å². The molecule has 0 fully saturated rings. The predicted octanol–water partition coefficient (Wildman–Crippen LogP) is 2.44. The second-order valence-electron chi connectivity index (χ2n) is 3.65. The second kappa shape index (κ2) is 4.23.